The van der Waals surface area contributed by atoms with Crippen LogP contribution in [0.3, 0.4) is 0 Å². The number of benzene rings is 1. The van der Waals surface area contributed by atoms with Crippen molar-refractivity contribution >= 4 is 23.5 Å². The number of piperidine rings is 1. The summed E-state index contributed by atoms with van der Waals surface area (Å²) >= 11 is 6.10. The number of halogens is 1. The number of anilines is 1. The van der Waals surface area contributed by atoms with Crippen LogP contribution in [0.5, 0.6) is 0 Å². The molecule has 1 fully saturated rings. The summed E-state index contributed by atoms with van der Waals surface area (Å²) < 4.78 is 1.79. The average molecular weight is 320 g/mol. The number of hydrogen-bond acceptors (Lipinski definition) is 4. The summed E-state index contributed by atoms with van der Waals surface area (Å²) in [5.74, 6) is 0.922. The van der Waals surface area contributed by atoms with Gasteiger partial charge in [-0.2, -0.15) is 4.98 Å². The van der Waals surface area contributed by atoms with Crippen molar-refractivity contribution in [2.24, 2.45) is 12.8 Å². The van der Waals surface area contributed by atoms with Crippen LogP contribution in [0.4, 0.5) is 5.95 Å². The first kappa shape index (κ1) is 14.8. The molecule has 1 amide bonds. The van der Waals surface area contributed by atoms with Gasteiger partial charge in [0.1, 0.15) is 0 Å². The number of carbonyl (C=O) groups is 1. The number of carbonyl (C=O) groups excluding carboxylic acids is 1. The topological polar surface area (TPSA) is 77.0 Å². The van der Waals surface area contributed by atoms with E-state index < -0.39 is 5.91 Å². The molecule has 22 heavy (non-hydrogen) atoms. The zero-order valence-electron chi connectivity index (χ0n) is 12.4. The molecular weight excluding hydrogens is 302 g/mol. The van der Waals surface area contributed by atoms with E-state index in [1.54, 1.807) is 22.9 Å². The first-order valence-corrected chi connectivity index (χ1v) is 7.70. The van der Waals surface area contributed by atoms with Crippen LogP contribution in [0.15, 0.2) is 18.2 Å². The number of rotatable bonds is 3. The highest BCUT2D eigenvalue weighted by Gasteiger charge is 2.18. The standard InChI is InChI=1S/C15H18ClN5O/c1-20-15(21-7-3-2-4-8-21)18-14(19-20)10-5-6-11(13(17)22)12(16)9-10/h5-6,9H,2-4,7-8H2,1H3,(H2,17,22). The fourth-order valence-corrected chi connectivity index (χ4v) is 3.00. The summed E-state index contributed by atoms with van der Waals surface area (Å²) in [5.41, 5.74) is 6.34. The van der Waals surface area contributed by atoms with E-state index in [-0.39, 0.29) is 0 Å². The van der Waals surface area contributed by atoms with E-state index in [0.29, 0.717) is 16.4 Å². The predicted octanol–water partition coefficient (Wildman–Crippen LogP) is 2.22. The van der Waals surface area contributed by atoms with E-state index >= 15 is 0 Å². The minimum Gasteiger partial charge on any atom is -0.366 e. The maximum absolute atomic E-state index is 11.2. The monoisotopic (exact) mass is 319 g/mol. The molecule has 0 unspecified atom stereocenters. The van der Waals surface area contributed by atoms with E-state index in [1.807, 2.05) is 7.05 Å². The highest BCUT2D eigenvalue weighted by Crippen LogP contribution is 2.26. The van der Waals surface area contributed by atoms with E-state index in [9.17, 15) is 4.79 Å². The highest BCUT2D eigenvalue weighted by atomic mass is 35.5. The van der Waals surface area contributed by atoms with Crippen LogP contribution in [0, 0.1) is 0 Å². The minimum atomic E-state index is -0.542. The molecule has 1 aromatic carbocycles. The molecule has 2 heterocycles. The molecule has 0 aliphatic carbocycles. The number of nitrogens with zero attached hydrogens (tertiary/aromatic N) is 4. The SMILES string of the molecule is Cn1nc(-c2ccc(C(N)=O)c(Cl)c2)nc1N1CCCCC1. The molecule has 2 aromatic rings. The van der Waals surface area contributed by atoms with E-state index in [0.717, 1.165) is 24.6 Å². The van der Waals surface area contributed by atoms with Crippen LogP contribution in [-0.2, 0) is 7.05 Å². The fraction of sp³-hybridized carbons (Fsp3) is 0.400. The lowest BCUT2D eigenvalue weighted by atomic mass is 10.1. The molecule has 6 nitrogen and oxygen atoms in total. The molecule has 0 spiro atoms. The number of aryl methyl sites for hydroxylation is 1. The van der Waals surface area contributed by atoms with Gasteiger partial charge in [-0.05, 0) is 31.4 Å². The lowest BCUT2D eigenvalue weighted by Crippen LogP contribution is -2.31. The second-order valence-corrected chi connectivity index (χ2v) is 5.87. The third-order valence-electron chi connectivity index (χ3n) is 3.87. The van der Waals surface area contributed by atoms with Crippen molar-refractivity contribution in [1.82, 2.24) is 14.8 Å². The molecule has 1 aromatic heterocycles. The lowest BCUT2D eigenvalue weighted by molar-refractivity contribution is 0.100. The van der Waals surface area contributed by atoms with E-state index in [2.05, 4.69) is 15.0 Å². The molecule has 2 N–H and O–H groups in total. The van der Waals surface area contributed by atoms with Crippen LogP contribution < -0.4 is 10.6 Å². The van der Waals surface area contributed by atoms with Gasteiger partial charge in [0.05, 0.1) is 10.6 Å². The van der Waals surface area contributed by atoms with Crippen molar-refractivity contribution in [3.8, 4) is 11.4 Å². The maximum Gasteiger partial charge on any atom is 0.250 e. The molecule has 0 radical (unpaired) electrons. The first-order valence-electron chi connectivity index (χ1n) is 7.32. The van der Waals surface area contributed by atoms with Gasteiger partial charge < -0.3 is 10.6 Å². The first-order chi connectivity index (χ1) is 10.6. The van der Waals surface area contributed by atoms with Gasteiger partial charge in [-0.15, -0.1) is 5.10 Å². The number of amides is 1. The summed E-state index contributed by atoms with van der Waals surface area (Å²) in [4.78, 5) is 18.1. The summed E-state index contributed by atoms with van der Waals surface area (Å²) in [7, 11) is 1.89. The van der Waals surface area contributed by atoms with E-state index in [4.69, 9.17) is 17.3 Å². The molecule has 3 rings (SSSR count). The molecule has 1 aliphatic rings. The minimum absolute atomic E-state index is 0.303. The van der Waals surface area contributed by atoms with Crippen molar-refractivity contribution in [3.63, 3.8) is 0 Å². The Kier molecular flexibility index (Phi) is 4.02. The Bertz CT molecular complexity index is 706. The van der Waals surface area contributed by atoms with Crippen molar-refractivity contribution in [2.75, 3.05) is 18.0 Å². The largest absolute Gasteiger partial charge is 0.366 e. The summed E-state index contributed by atoms with van der Waals surface area (Å²) in [6.45, 7) is 2.01. The van der Waals surface area contributed by atoms with Gasteiger partial charge >= 0.3 is 0 Å². The quantitative estimate of drug-likeness (QED) is 0.941. The summed E-state index contributed by atoms with van der Waals surface area (Å²) in [6, 6.07) is 5.05. The zero-order valence-corrected chi connectivity index (χ0v) is 13.2. The Labute approximate surface area is 133 Å². The maximum atomic E-state index is 11.2. The Balaban J connectivity index is 1.92. The number of aromatic nitrogens is 3. The molecule has 116 valence electrons. The molecular formula is C15H18ClN5O. The Morgan fingerprint density at radius 1 is 1.27 bits per heavy atom. The predicted molar refractivity (Wildman–Crippen MR) is 86.0 cm³/mol. The zero-order chi connectivity index (χ0) is 15.7. The Morgan fingerprint density at radius 2 is 2.00 bits per heavy atom. The summed E-state index contributed by atoms with van der Waals surface area (Å²) in [5, 5.41) is 4.78. The number of hydrogen-bond donors (Lipinski definition) is 1. The van der Waals surface area contributed by atoms with Crippen LogP contribution in [-0.4, -0.2) is 33.8 Å². The smallest absolute Gasteiger partial charge is 0.250 e. The fourth-order valence-electron chi connectivity index (χ4n) is 2.72. The Morgan fingerprint density at radius 3 is 2.64 bits per heavy atom. The molecule has 0 bridgehead atoms. The summed E-state index contributed by atoms with van der Waals surface area (Å²) in [6.07, 6.45) is 3.63. The molecule has 0 saturated carbocycles. The highest BCUT2D eigenvalue weighted by molar-refractivity contribution is 6.34. The lowest BCUT2D eigenvalue weighted by Gasteiger charge is -2.26. The normalized spacial score (nSPS) is 15.1. The van der Waals surface area contributed by atoms with Gasteiger partial charge in [-0.3, -0.25) is 4.79 Å². The van der Waals surface area contributed by atoms with Crippen molar-refractivity contribution < 1.29 is 4.79 Å². The van der Waals surface area contributed by atoms with Gasteiger partial charge in [0.2, 0.25) is 11.9 Å². The average Bonchev–Trinajstić information content (AvgIpc) is 2.89. The second-order valence-electron chi connectivity index (χ2n) is 5.47. The van der Waals surface area contributed by atoms with E-state index in [1.165, 1.54) is 19.3 Å². The number of primary amides is 1. The third kappa shape index (κ3) is 2.78. The van der Waals surface area contributed by atoms with Crippen molar-refractivity contribution in [1.29, 1.82) is 0 Å². The second kappa shape index (κ2) is 5.96. The van der Waals surface area contributed by atoms with Crippen LogP contribution in [0.1, 0.15) is 29.6 Å². The van der Waals surface area contributed by atoms with Gasteiger partial charge in [0.25, 0.3) is 0 Å². The molecule has 1 aliphatic heterocycles. The van der Waals surface area contributed by atoms with Gasteiger partial charge in [0, 0.05) is 25.7 Å². The van der Waals surface area contributed by atoms with Crippen molar-refractivity contribution in [2.45, 2.75) is 19.3 Å². The molecule has 1 saturated heterocycles. The van der Waals surface area contributed by atoms with Gasteiger partial charge in [-0.1, -0.05) is 17.7 Å². The van der Waals surface area contributed by atoms with Crippen LogP contribution >= 0.6 is 11.6 Å². The molecule has 0 atom stereocenters. The van der Waals surface area contributed by atoms with Crippen LogP contribution in [0.25, 0.3) is 11.4 Å². The van der Waals surface area contributed by atoms with Crippen molar-refractivity contribution in [3.05, 3.63) is 28.8 Å². The Hall–Kier alpha value is -2.08. The van der Waals surface area contributed by atoms with Crippen LogP contribution in [0.2, 0.25) is 5.02 Å². The van der Waals surface area contributed by atoms with Gasteiger partial charge in [-0.25, -0.2) is 4.68 Å². The molecule has 7 heteroatoms. The number of nitrogens with two attached hydrogens (primary N) is 1. The van der Waals surface area contributed by atoms with Gasteiger partial charge in [0.15, 0.2) is 5.82 Å². The third-order valence-corrected chi connectivity index (χ3v) is 4.18.